The van der Waals surface area contributed by atoms with E-state index >= 15 is 0 Å². The van der Waals surface area contributed by atoms with Crippen molar-refractivity contribution < 1.29 is 9.90 Å². The van der Waals surface area contributed by atoms with Crippen LogP contribution in [0.4, 0.5) is 5.69 Å². The zero-order valence-electron chi connectivity index (χ0n) is 7.45. The Morgan fingerprint density at radius 1 is 1.54 bits per heavy atom. The molecule has 13 heavy (non-hydrogen) atoms. The van der Waals surface area contributed by atoms with Crippen LogP contribution in [0.25, 0.3) is 0 Å². The Kier molecular flexibility index (Phi) is 1.72. The Morgan fingerprint density at radius 3 is 3.00 bits per heavy atom. The molecule has 0 bridgehead atoms. The van der Waals surface area contributed by atoms with Gasteiger partial charge in [0.1, 0.15) is 0 Å². The predicted octanol–water partition coefficient (Wildman–Crippen LogP) is 1.38. The van der Waals surface area contributed by atoms with Gasteiger partial charge in [0.2, 0.25) is 0 Å². The second-order valence-corrected chi connectivity index (χ2v) is 3.28. The molecule has 0 spiro atoms. The van der Waals surface area contributed by atoms with E-state index in [1.54, 1.807) is 12.1 Å². The average Bonchev–Trinajstić information content (AvgIpc) is 2.48. The smallest absolute Gasteiger partial charge is 0.336 e. The average molecular weight is 177 g/mol. The van der Waals surface area contributed by atoms with Gasteiger partial charge < -0.3 is 10.0 Å². The van der Waals surface area contributed by atoms with Crippen LogP contribution in [0, 0.1) is 0 Å². The maximum absolute atomic E-state index is 10.8. The molecule has 0 saturated carbocycles. The molecule has 0 aromatic heterocycles. The zero-order chi connectivity index (χ0) is 9.42. The number of fused-ring (bicyclic) bond motifs is 1. The fourth-order valence-corrected chi connectivity index (χ4v) is 1.80. The standard InChI is InChI=1S/C10H11NO2/c1-11-6-5-7-8(10(12)13)3-2-4-9(7)11/h2-4H,5-6H2,1H3,(H,12,13). The molecule has 1 N–H and O–H groups in total. The number of benzene rings is 1. The van der Waals surface area contributed by atoms with Gasteiger partial charge in [-0.3, -0.25) is 0 Å². The van der Waals surface area contributed by atoms with Crippen molar-refractivity contribution in [1.29, 1.82) is 0 Å². The number of carboxylic acid groups (broad SMARTS) is 1. The van der Waals surface area contributed by atoms with E-state index in [1.165, 1.54) is 0 Å². The Labute approximate surface area is 76.6 Å². The second-order valence-electron chi connectivity index (χ2n) is 3.28. The number of hydrogen-bond acceptors (Lipinski definition) is 2. The molecule has 1 aliphatic rings. The summed E-state index contributed by atoms with van der Waals surface area (Å²) < 4.78 is 0. The normalized spacial score (nSPS) is 14.4. The van der Waals surface area contributed by atoms with Gasteiger partial charge in [0.25, 0.3) is 0 Å². The van der Waals surface area contributed by atoms with E-state index in [1.807, 2.05) is 13.1 Å². The molecular weight excluding hydrogens is 166 g/mol. The van der Waals surface area contributed by atoms with Gasteiger partial charge in [-0.2, -0.15) is 0 Å². The van der Waals surface area contributed by atoms with E-state index in [0.717, 1.165) is 24.2 Å². The van der Waals surface area contributed by atoms with E-state index in [9.17, 15) is 4.79 Å². The predicted molar refractivity (Wildman–Crippen MR) is 50.4 cm³/mol. The van der Waals surface area contributed by atoms with Crippen LogP contribution >= 0.6 is 0 Å². The number of likely N-dealkylation sites (N-methyl/N-ethyl adjacent to an activating group) is 1. The molecule has 1 aromatic carbocycles. The molecule has 0 amide bonds. The number of carbonyl (C=O) groups is 1. The SMILES string of the molecule is CN1CCc2c(C(=O)O)cccc21. The van der Waals surface area contributed by atoms with Crippen molar-refractivity contribution in [2.45, 2.75) is 6.42 Å². The van der Waals surface area contributed by atoms with Gasteiger partial charge in [-0.05, 0) is 24.1 Å². The van der Waals surface area contributed by atoms with E-state index in [4.69, 9.17) is 5.11 Å². The zero-order valence-corrected chi connectivity index (χ0v) is 7.45. The van der Waals surface area contributed by atoms with Crippen molar-refractivity contribution in [2.24, 2.45) is 0 Å². The van der Waals surface area contributed by atoms with Crippen molar-refractivity contribution in [3.8, 4) is 0 Å². The van der Waals surface area contributed by atoms with E-state index < -0.39 is 5.97 Å². The van der Waals surface area contributed by atoms with Crippen LogP contribution in [-0.2, 0) is 6.42 Å². The van der Waals surface area contributed by atoms with Crippen LogP contribution < -0.4 is 4.90 Å². The summed E-state index contributed by atoms with van der Waals surface area (Å²) in [5.41, 5.74) is 2.47. The summed E-state index contributed by atoms with van der Waals surface area (Å²) in [5.74, 6) is -0.827. The highest BCUT2D eigenvalue weighted by Crippen LogP contribution is 2.29. The molecule has 0 unspecified atom stereocenters. The van der Waals surface area contributed by atoms with E-state index in [0.29, 0.717) is 5.56 Å². The molecule has 2 rings (SSSR count). The Balaban J connectivity index is 2.57. The first kappa shape index (κ1) is 8.10. The van der Waals surface area contributed by atoms with Crippen LogP contribution in [-0.4, -0.2) is 24.7 Å². The molecule has 3 nitrogen and oxygen atoms in total. The lowest BCUT2D eigenvalue weighted by Crippen LogP contribution is -2.12. The Bertz CT molecular complexity index is 360. The van der Waals surface area contributed by atoms with Gasteiger partial charge in [0.15, 0.2) is 0 Å². The Morgan fingerprint density at radius 2 is 2.31 bits per heavy atom. The number of hydrogen-bond donors (Lipinski definition) is 1. The first-order chi connectivity index (χ1) is 6.20. The fraction of sp³-hybridized carbons (Fsp3) is 0.300. The number of nitrogens with zero attached hydrogens (tertiary/aromatic N) is 1. The minimum absolute atomic E-state index is 0.446. The summed E-state index contributed by atoms with van der Waals surface area (Å²) in [6.07, 6.45) is 0.842. The molecule has 0 radical (unpaired) electrons. The van der Waals surface area contributed by atoms with Crippen LogP contribution in [0.5, 0.6) is 0 Å². The molecule has 0 atom stereocenters. The number of anilines is 1. The van der Waals surface area contributed by atoms with Crippen molar-refractivity contribution in [3.05, 3.63) is 29.3 Å². The molecule has 0 fully saturated rings. The number of aromatic carboxylic acids is 1. The monoisotopic (exact) mass is 177 g/mol. The lowest BCUT2D eigenvalue weighted by atomic mass is 10.1. The summed E-state index contributed by atoms with van der Waals surface area (Å²) >= 11 is 0. The lowest BCUT2D eigenvalue weighted by Gasteiger charge is -2.11. The fourth-order valence-electron chi connectivity index (χ4n) is 1.80. The van der Waals surface area contributed by atoms with Crippen molar-refractivity contribution in [3.63, 3.8) is 0 Å². The molecule has 0 saturated heterocycles. The highest BCUT2D eigenvalue weighted by atomic mass is 16.4. The van der Waals surface area contributed by atoms with Crippen molar-refractivity contribution >= 4 is 11.7 Å². The highest BCUT2D eigenvalue weighted by Gasteiger charge is 2.21. The topological polar surface area (TPSA) is 40.5 Å². The Hall–Kier alpha value is -1.51. The third-order valence-electron chi connectivity index (χ3n) is 2.49. The molecule has 68 valence electrons. The quantitative estimate of drug-likeness (QED) is 0.704. The van der Waals surface area contributed by atoms with Gasteiger partial charge in [0.05, 0.1) is 5.56 Å². The van der Waals surface area contributed by atoms with Gasteiger partial charge in [-0.1, -0.05) is 6.07 Å². The third kappa shape index (κ3) is 1.16. The van der Waals surface area contributed by atoms with Crippen molar-refractivity contribution in [2.75, 3.05) is 18.5 Å². The summed E-state index contributed by atoms with van der Waals surface area (Å²) in [4.78, 5) is 12.9. The van der Waals surface area contributed by atoms with Crippen LogP contribution in [0.15, 0.2) is 18.2 Å². The van der Waals surface area contributed by atoms with Crippen LogP contribution in [0.3, 0.4) is 0 Å². The van der Waals surface area contributed by atoms with E-state index in [2.05, 4.69) is 4.90 Å². The minimum Gasteiger partial charge on any atom is -0.478 e. The molecule has 1 heterocycles. The maximum Gasteiger partial charge on any atom is 0.336 e. The number of carboxylic acids is 1. The summed E-state index contributed by atoms with van der Waals surface area (Å²) in [7, 11) is 1.98. The molecule has 1 aliphatic heterocycles. The van der Waals surface area contributed by atoms with Crippen LogP contribution in [0.2, 0.25) is 0 Å². The minimum atomic E-state index is -0.827. The summed E-state index contributed by atoms with van der Waals surface area (Å²) in [6.45, 7) is 0.916. The largest absolute Gasteiger partial charge is 0.478 e. The second kappa shape index (κ2) is 2.76. The lowest BCUT2D eigenvalue weighted by molar-refractivity contribution is 0.0696. The maximum atomic E-state index is 10.8. The molecule has 1 aromatic rings. The van der Waals surface area contributed by atoms with Gasteiger partial charge in [-0.15, -0.1) is 0 Å². The molecule has 3 heteroatoms. The van der Waals surface area contributed by atoms with E-state index in [-0.39, 0.29) is 0 Å². The molecule has 0 aliphatic carbocycles. The van der Waals surface area contributed by atoms with Crippen LogP contribution in [0.1, 0.15) is 15.9 Å². The van der Waals surface area contributed by atoms with Gasteiger partial charge >= 0.3 is 5.97 Å². The van der Waals surface area contributed by atoms with Gasteiger partial charge in [-0.25, -0.2) is 4.79 Å². The first-order valence-electron chi connectivity index (χ1n) is 4.26. The first-order valence-corrected chi connectivity index (χ1v) is 4.26. The number of rotatable bonds is 1. The summed E-state index contributed by atoms with van der Waals surface area (Å²) in [5, 5.41) is 8.92. The highest BCUT2D eigenvalue weighted by molar-refractivity contribution is 5.92. The van der Waals surface area contributed by atoms with Crippen molar-refractivity contribution in [1.82, 2.24) is 0 Å². The summed E-state index contributed by atoms with van der Waals surface area (Å²) in [6, 6.07) is 5.43. The third-order valence-corrected chi connectivity index (χ3v) is 2.49. The molecular formula is C10H11NO2. The van der Waals surface area contributed by atoms with Gasteiger partial charge in [0, 0.05) is 19.3 Å².